The molecule has 86 valence electrons. The second-order valence-electron chi connectivity index (χ2n) is 4.34. The van der Waals surface area contributed by atoms with E-state index in [1.165, 1.54) is 16.7 Å². The lowest BCUT2D eigenvalue weighted by molar-refractivity contribution is 1.27. The maximum Gasteiger partial charge on any atom is 0.0316 e. The van der Waals surface area contributed by atoms with E-state index in [1.807, 2.05) is 30.3 Å². The van der Waals surface area contributed by atoms with Crippen LogP contribution in [-0.2, 0) is 6.42 Å². The van der Waals surface area contributed by atoms with Crippen LogP contribution in [0.1, 0.15) is 16.7 Å². The average Bonchev–Trinajstić information content (AvgIpc) is 2.29. The van der Waals surface area contributed by atoms with Crippen molar-refractivity contribution in [3.63, 3.8) is 0 Å². The summed E-state index contributed by atoms with van der Waals surface area (Å²) in [6.07, 6.45) is 0.843. The zero-order chi connectivity index (χ0) is 12.3. The van der Waals surface area contributed by atoms with E-state index >= 15 is 0 Å². The number of allylic oxidation sites excluding steroid dienone is 1. The van der Waals surface area contributed by atoms with Crippen molar-refractivity contribution in [2.24, 2.45) is 0 Å². The summed E-state index contributed by atoms with van der Waals surface area (Å²) in [5.74, 6) is 0. The lowest BCUT2D eigenvalue weighted by atomic mass is 9.96. The van der Waals surface area contributed by atoms with Gasteiger partial charge in [-0.1, -0.05) is 43.0 Å². The molecule has 2 N–H and O–H groups in total. The highest BCUT2D eigenvalue weighted by Crippen LogP contribution is 2.21. The molecule has 0 fully saturated rings. The van der Waals surface area contributed by atoms with Gasteiger partial charge in [0.15, 0.2) is 0 Å². The third-order valence-corrected chi connectivity index (χ3v) is 2.89. The van der Waals surface area contributed by atoms with E-state index in [1.54, 1.807) is 0 Å². The molecule has 0 saturated carbocycles. The molecule has 0 aliphatic carbocycles. The minimum atomic E-state index is 0.806. The monoisotopic (exact) mass is 223 g/mol. The normalized spacial score (nSPS) is 10.2. The maximum atomic E-state index is 5.77. The minimum Gasteiger partial charge on any atom is -0.399 e. The van der Waals surface area contributed by atoms with Crippen LogP contribution in [0, 0.1) is 6.92 Å². The second kappa shape index (κ2) is 4.88. The van der Waals surface area contributed by atoms with Gasteiger partial charge in [0.1, 0.15) is 0 Å². The molecule has 2 rings (SSSR count). The fourth-order valence-corrected chi connectivity index (χ4v) is 2.01. The highest BCUT2D eigenvalue weighted by molar-refractivity contribution is 5.68. The smallest absolute Gasteiger partial charge is 0.0316 e. The molecule has 0 aliphatic rings. The van der Waals surface area contributed by atoms with Gasteiger partial charge in [0.2, 0.25) is 0 Å². The molecule has 0 amide bonds. The summed E-state index contributed by atoms with van der Waals surface area (Å²) in [7, 11) is 0. The first-order valence-electron chi connectivity index (χ1n) is 5.75. The molecule has 0 unspecified atom stereocenters. The maximum absolute atomic E-state index is 5.77. The quantitative estimate of drug-likeness (QED) is 0.786. The van der Waals surface area contributed by atoms with Crippen LogP contribution >= 0.6 is 0 Å². The number of hydrogen-bond donors (Lipinski definition) is 1. The number of aryl methyl sites for hydroxylation is 1. The number of nitrogens with two attached hydrogens (primary N) is 1. The first-order chi connectivity index (χ1) is 8.16. The number of rotatable bonds is 3. The molecular weight excluding hydrogens is 206 g/mol. The van der Waals surface area contributed by atoms with Crippen LogP contribution in [0.25, 0.3) is 5.57 Å². The number of hydrogen-bond acceptors (Lipinski definition) is 1. The van der Waals surface area contributed by atoms with Crippen LogP contribution in [0.2, 0.25) is 0 Å². The Bertz CT molecular complexity index is 541. The molecule has 0 radical (unpaired) electrons. The standard InChI is InChI=1S/C16H17N/c1-12-6-3-4-9-16(12)13(2)10-14-7-5-8-15(17)11-14/h3-9,11H,2,10,17H2,1H3. The Hall–Kier alpha value is -2.02. The average molecular weight is 223 g/mol. The molecule has 0 spiro atoms. The van der Waals surface area contributed by atoms with Crippen molar-refractivity contribution in [2.75, 3.05) is 5.73 Å². The van der Waals surface area contributed by atoms with E-state index in [4.69, 9.17) is 5.73 Å². The molecule has 2 aromatic carbocycles. The molecule has 1 heteroatoms. The summed E-state index contributed by atoms with van der Waals surface area (Å²) < 4.78 is 0. The fourth-order valence-electron chi connectivity index (χ4n) is 2.01. The molecule has 0 aliphatic heterocycles. The van der Waals surface area contributed by atoms with E-state index in [0.29, 0.717) is 0 Å². The summed E-state index contributed by atoms with van der Waals surface area (Å²) >= 11 is 0. The SMILES string of the molecule is C=C(Cc1cccc(N)c1)c1ccccc1C. The van der Waals surface area contributed by atoms with Crippen molar-refractivity contribution in [1.82, 2.24) is 0 Å². The molecule has 0 bridgehead atoms. The predicted octanol–water partition coefficient (Wildman–Crippen LogP) is 3.83. The van der Waals surface area contributed by atoms with Crippen LogP contribution in [-0.4, -0.2) is 0 Å². The number of anilines is 1. The van der Waals surface area contributed by atoms with Crippen LogP contribution < -0.4 is 5.73 Å². The summed E-state index contributed by atoms with van der Waals surface area (Å²) in [5, 5.41) is 0. The molecular formula is C16H17N. The second-order valence-corrected chi connectivity index (χ2v) is 4.34. The van der Waals surface area contributed by atoms with E-state index in [-0.39, 0.29) is 0 Å². The van der Waals surface area contributed by atoms with Gasteiger partial charge in [0, 0.05) is 5.69 Å². The van der Waals surface area contributed by atoms with E-state index in [9.17, 15) is 0 Å². The molecule has 0 atom stereocenters. The summed E-state index contributed by atoms with van der Waals surface area (Å²) in [5.41, 5.74) is 11.4. The molecule has 2 aromatic rings. The Morgan fingerprint density at radius 2 is 1.88 bits per heavy atom. The van der Waals surface area contributed by atoms with Crippen LogP contribution in [0.15, 0.2) is 55.1 Å². The van der Waals surface area contributed by atoms with E-state index in [2.05, 4.69) is 31.7 Å². The minimum absolute atomic E-state index is 0.806. The number of nitrogen functional groups attached to an aromatic ring is 1. The van der Waals surface area contributed by atoms with Crippen molar-refractivity contribution in [3.05, 3.63) is 71.8 Å². The first-order valence-corrected chi connectivity index (χ1v) is 5.75. The molecule has 1 nitrogen and oxygen atoms in total. The third kappa shape index (κ3) is 2.76. The lowest BCUT2D eigenvalue weighted by Gasteiger charge is -2.09. The highest BCUT2D eigenvalue weighted by atomic mass is 14.5. The Labute approximate surface area is 103 Å². The van der Waals surface area contributed by atoms with Gasteiger partial charge in [-0.15, -0.1) is 0 Å². The van der Waals surface area contributed by atoms with Gasteiger partial charge in [-0.05, 0) is 47.7 Å². The topological polar surface area (TPSA) is 26.0 Å². The lowest BCUT2D eigenvalue weighted by Crippen LogP contribution is -1.93. The Morgan fingerprint density at radius 3 is 2.59 bits per heavy atom. The van der Waals surface area contributed by atoms with Gasteiger partial charge in [-0.25, -0.2) is 0 Å². The summed E-state index contributed by atoms with van der Waals surface area (Å²) in [6, 6.07) is 16.3. The fraction of sp³-hybridized carbons (Fsp3) is 0.125. The number of benzene rings is 2. The molecule has 0 heterocycles. The molecule has 0 aromatic heterocycles. The Balaban J connectivity index is 2.20. The van der Waals surface area contributed by atoms with Gasteiger partial charge >= 0.3 is 0 Å². The summed E-state index contributed by atoms with van der Waals surface area (Å²) in [4.78, 5) is 0. The van der Waals surface area contributed by atoms with Gasteiger partial charge in [0.25, 0.3) is 0 Å². The van der Waals surface area contributed by atoms with E-state index < -0.39 is 0 Å². The van der Waals surface area contributed by atoms with Crippen LogP contribution in [0.4, 0.5) is 5.69 Å². The first kappa shape index (κ1) is 11.5. The Morgan fingerprint density at radius 1 is 1.12 bits per heavy atom. The van der Waals surface area contributed by atoms with Crippen LogP contribution in [0.3, 0.4) is 0 Å². The van der Waals surface area contributed by atoms with Gasteiger partial charge < -0.3 is 5.73 Å². The highest BCUT2D eigenvalue weighted by Gasteiger charge is 2.03. The zero-order valence-electron chi connectivity index (χ0n) is 10.1. The summed E-state index contributed by atoms with van der Waals surface area (Å²) in [6.45, 7) is 6.28. The van der Waals surface area contributed by atoms with Gasteiger partial charge in [-0.3, -0.25) is 0 Å². The zero-order valence-corrected chi connectivity index (χ0v) is 10.1. The van der Waals surface area contributed by atoms with Crippen molar-refractivity contribution in [2.45, 2.75) is 13.3 Å². The largest absolute Gasteiger partial charge is 0.399 e. The molecule has 17 heavy (non-hydrogen) atoms. The van der Waals surface area contributed by atoms with Crippen molar-refractivity contribution in [3.8, 4) is 0 Å². The van der Waals surface area contributed by atoms with Crippen molar-refractivity contribution >= 4 is 11.3 Å². The van der Waals surface area contributed by atoms with Crippen molar-refractivity contribution < 1.29 is 0 Å². The Kier molecular flexibility index (Phi) is 3.29. The predicted molar refractivity (Wildman–Crippen MR) is 74.8 cm³/mol. The van der Waals surface area contributed by atoms with Crippen molar-refractivity contribution in [1.29, 1.82) is 0 Å². The third-order valence-electron chi connectivity index (χ3n) is 2.89. The van der Waals surface area contributed by atoms with Gasteiger partial charge in [-0.2, -0.15) is 0 Å². The van der Waals surface area contributed by atoms with Gasteiger partial charge in [0.05, 0.1) is 0 Å². The van der Waals surface area contributed by atoms with Crippen LogP contribution in [0.5, 0.6) is 0 Å². The van der Waals surface area contributed by atoms with E-state index in [0.717, 1.165) is 17.7 Å². The molecule has 0 saturated heterocycles.